The number of carbonyl (C=O) groups is 2. The SMILES string of the molecule is O=C(O)CCC(O)(O)C1(C(=O)O)CCCC1. The summed E-state index contributed by atoms with van der Waals surface area (Å²) >= 11 is 0. The highest BCUT2D eigenvalue weighted by atomic mass is 16.5. The Bertz CT molecular complexity index is 290. The van der Waals surface area contributed by atoms with E-state index in [0.717, 1.165) is 0 Å². The lowest BCUT2D eigenvalue weighted by molar-refractivity contribution is -0.249. The molecule has 1 rings (SSSR count). The van der Waals surface area contributed by atoms with Crippen molar-refractivity contribution in [3.63, 3.8) is 0 Å². The number of aliphatic carboxylic acids is 2. The van der Waals surface area contributed by atoms with Gasteiger partial charge >= 0.3 is 11.9 Å². The van der Waals surface area contributed by atoms with E-state index in [1.54, 1.807) is 0 Å². The van der Waals surface area contributed by atoms with Crippen LogP contribution in [-0.4, -0.2) is 38.2 Å². The van der Waals surface area contributed by atoms with Gasteiger partial charge in [0, 0.05) is 6.42 Å². The van der Waals surface area contributed by atoms with Gasteiger partial charge in [-0.25, -0.2) is 0 Å². The van der Waals surface area contributed by atoms with Crippen LogP contribution in [0.1, 0.15) is 38.5 Å². The normalized spacial score (nSPS) is 19.6. The molecule has 0 bridgehead atoms. The predicted molar refractivity (Wildman–Crippen MR) is 52.6 cm³/mol. The van der Waals surface area contributed by atoms with Crippen molar-refractivity contribution in [2.24, 2.45) is 5.41 Å². The van der Waals surface area contributed by atoms with Crippen LogP contribution in [0.3, 0.4) is 0 Å². The Hall–Kier alpha value is -1.14. The van der Waals surface area contributed by atoms with Crippen molar-refractivity contribution in [1.82, 2.24) is 0 Å². The van der Waals surface area contributed by atoms with Crippen LogP contribution in [0.4, 0.5) is 0 Å². The molecular formula is C10H16O6. The number of carboxylic acids is 2. The second kappa shape index (κ2) is 4.39. The molecule has 1 fully saturated rings. The molecule has 92 valence electrons. The standard InChI is InChI=1S/C10H16O6/c11-7(12)3-6-10(15,16)9(8(13)14)4-1-2-5-9/h15-16H,1-6H2,(H,11,12)(H,13,14). The van der Waals surface area contributed by atoms with Crippen LogP contribution in [-0.2, 0) is 9.59 Å². The van der Waals surface area contributed by atoms with E-state index < -0.39 is 36.0 Å². The molecule has 0 unspecified atom stereocenters. The fourth-order valence-electron chi connectivity index (χ4n) is 2.28. The number of hydrogen-bond donors (Lipinski definition) is 4. The molecule has 4 N–H and O–H groups in total. The Morgan fingerprint density at radius 1 is 1.12 bits per heavy atom. The fourth-order valence-corrected chi connectivity index (χ4v) is 2.28. The maximum atomic E-state index is 11.1. The Morgan fingerprint density at radius 3 is 2.00 bits per heavy atom. The maximum Gasteiger partial charge on any atom is 0.315 e. The van der Waals surface area contributed by atoms with Crippen LogP contribution >= 0.6 is 0 Å². The lowest BCUT2D eigenvalue weighted by Gasteiger charge is -2.37. The predicted octanol–water partition coefficient (Wildman–Crippen LogP) is 0.177. The third-order valence-corrected chi connectivity index (χ3v) is 3.32. The number of rotatable bonds is 5. The molecule has 0 aliphatic heterocycles. The zero-order valence-electron chi connectivity index (χ0n) is 8.85. The van der Waals surface area contributed by atoms with Gasteiger partial charge in [0.25, 0.3) is 0 Å². The van der Waals surface area contributed by atoms with E-state index >= 15 is 0 Å². The van der Waals surface area contributed by atoms with E-state index in [9.17, 15) is 19.8 Å². The molecular weight excluding hydrogens is 216 g/mol. The van der Waals surface area contributed by atoms with Crippen LogP contribution in [0.2, 0.25) is 0 Å². The number of aliphatic hydroxyl groups is 2. The number of hydrogen-bond acceptors (Lipinski definition) is 4. The minimum Gasteiger partial charge on any atom is -0.481 e. The molecule has 6 heteroatoms. The molecule has 0 aromatic heterocycles. The van der Waals surface area contributed by atoms with Crippen molar-refractivity contribution in [3.8, 4) is 0 Å². The molecule has 0 aromatic carbocycles. The summed E-state index contributed by atoms with van der Waals surface area (Å²) in [6.45, 7) is 0. The van der Waals surface area contributed by atoms with E-state index in [4.69, 9.17) is 10.2 Å². The average molecular weight is 232 g/mol. The first-order chi connectivity index (χ1) is 7.32. The molecule has 1 saturated carbocycles. The molecule has 0 saturated heterocycles. The van der Waals surface area contributed by atoms with Gasteiger partial charge in [-0.3, -0.25) is 9.59 Å². The van der Waals surface area contributed by atoms with E-state index in [2.05, 4.69) is 0 Å². The summed E-state index contributed by atoms with van der Waals surface area (Å²) in [6, 6.07) is 0. The van der Waals surface area contributed by atoms with E-state index in [1.165, 1.54) is 0 Å². The summed E-state index contributed by atoms with van der Waals surface area (Å²) < 4.78 is 0. The van der Waals surface area contributed by atoms with Crippen LogP contribution < -0.4 is 0 Å². The minimum absolute atomic E-state index is 0.176. The fraction of sp³-hybridized carbons (Fsp3) is 0.800. The summed E-state index contributed by atoms with van der Waals surface area (Å²) in [7, 11) is 0. The van der Waals surface area contributed by atoms with E-state index in [-0.39, 0.29) is 12.8 Å². The molecule has 0 spiro atoms. The molecule has 6 nitrogen and oxygen atoms in total. The van der Waals surface area contributed by atoms with Crippen molar-refractivity contribution >= 4 is 11.9 Å². The Kier molecular flexibility index (Phi) is 3.54. The van der Waals surface area contributed by atoms with Gasteiger partial charge in [-0.15, -0.1) is 0 Å². The van der Waals surface area contributed by atoms with Crippen LogP contribution in [0, 0.1) is 5.41 Å². The van der Waals surface area contributed by atoms with Gasteiger partial charge in [-0.05, 0) is 12.8 Å². The van der Waals surface area contributed by atoms with Gasteiger partial charge in [0.05, 0.1) is 6.42 Å². The molecule has 16 heavy (non-hydrogen) atoms. The van der Waals surface area contributed by atoms with Crippen LogP contribution in [0.5, 0.6) is 0 Å². The summed E-state index contributed by atoms with van der Waals surface area (Å²) in [6.07, 6.45) is 0.658. The Labute approximate surface area is 92.5 Å². The van der Waals surface area contributed by atoms with Crippen molar-refractivity contribution in [2.45, 2.75) is 44.3 Å². The maximum absolute atomic E-state index is 11.1. The third kappa shape index (κ3) is 2.17. The highest BCUT2D eigenvalue weighted by Gasteiger charge is 2.56. The minimum atomic E-state index is -2.45. The average Bonchev–Trinajstić information content (AvgIpc) is 2.65. The summed E-state index contributed by atoms with van der Waals surface area (Å²) in [4.78, 5) is 21.5. The molecule has 0 radical (unpaired) electrons. The first-order valence-electron chi connectivity index (χ1n) is 5.22. The van der Waals surface area contributed by atoms with Gasteiger partial charge in [0.2, 0.25) is 0 Å². The summed E-state index contributed by atoms with van der Waals surface area (Å²) in [5, 5.41) is 37.2. The highest BCUT2D eigenvalue weighted by molar-refractivity contribution is 5.76. The lowest BCUT2D eigenvalue weighted by atomic mass is 9.75. The molecule has 1 aliphatic rings. The van der Waals surface area contributed by atoms with Crippen molar-refractivity contribution in [1.29, 1.82) is 0 Å². The molecule has 0 atom stereocenters. The molecule has 1 aliphatic carbocycles. The second-order valence-corrected chi connectivity index (χ2v) is 4.30. The monoisotopic (exact) mass is 232 g/mol. The van der Waals surface area contributed by atoms with Gasteiger partial charge in [-0.2, -0.15) is 0 Å². The second-order valence-electron chi connectivity index (χ2n) is 4.30. The molecule has 0 aromatic rings. The smallest absolute Gasteiger partial charge is 0.315 e. The van der Waals surface area contributed by atoms with Gasteiger partial charge in [0.15, 0.2) is 5.79 Å². The highest BCUT2D eigenvalue weighted by Crippen LogP contribution is 2.47. The van der Waals surface area contributed by atoms with E-state index in [0.29, 0.717) is 12.8 Å². The zero-order valence-corrected chi connectivity index (χ0v) is 8.85. The van der Waals surface area contributed by atoms with Crippen molar-refractivity contribution < 1.29 is 30.0 Å². The van der Waals surface area contributed by atoms with Gasteiger partial charge in [-0.1, -0.05) is 12.8 Å². The Morgan fingerprint density at radius 2 is 1.62 bits per heavy atom. The molecule has 0 amide bonds. The largest absolute Gasteiger partial charge is 0.481 e. The zero-order chi connectivity index (χ0) is 12.4. The van der Waals surface area contributed by atoms with Crippen LogP contribution in [0.25, 0.3) is 0 Å². The molecule has 0 heterocycles. The first-order valence-corrected chi connectivity index (χ1v) is 5.22. The Balaban J connectivity index is 2.84. The summed E-state index contributed by atoms with van der Waals surface area (Å²) in [5.41, 5.74) is -1.61. The first kappa shape index (κ1) is 12.9. The quantitative estimate of drug-likeness (QED) is 0.502. The summed E-state index contributed by atoms with van der Waals surface area (Å²) in [5.74, 6) is -4.89. The van der Waals surface area contributed by atoms with Crippen LogP contribution in [0.15, 0.2) is 0 Å². The topological polar surface area (TPSA) is 115 Å². The lowest BCUT2D eigenvalue weighted by Crippen LogP contribution is -2.52. The van der Waals surface area contributed by atoms with Crippen molar-refractivity contribution in [2.75, 3.05) is 0 Å². The van der Waals surface area contributed by atoms with Gasteiger partial charge < -0.3 is 20.4 Å². The number of carboxylic acid groups (broad SMARTS) is 2. The van der Waals surface area contributed by atoms with E-state index in [1.807, 2.05) is 0 Å². The van der Waals surface area contributed by atoms with Gasteiger partial charge in [0.1, 0.15) is 5.41 Å². The van der Waals surface area contributed by atoms with Crippen molar-refractivity contribution in [3.05, 3.63) is 0 Å². The third-order valence-electron chi connectivity index (χ3n) is 3.32.